The molecule has 2 aromatic rings. The van der Waals surface area contributed by atoms with E-state index in [2.05, 4.69) is 20.3 Å². The number of pyridine rings is 1. The molecule has 2 rings (SSSR count). The predicted octanol–water partition coefficient (Wildman–Crippen LogP) is 2.19. The molecule has 5 nitrogen and oxygen atoms in total. The van der Waals surface area contributed by atoms with Gasteiger partial charge in [-0.3, -0.25) is 4.98 Å². The van der Waals surface area contributed by atoms with Gasteiger partial charge in [-0.05, 0) is 25.5 Å². The summed E-state index contributed by atoms with van der Waals surface area (Å²) in [6.07, 6.45) is 4.05. The molecule has 5 heteroatoms. The summed E-state index contributed by atoms with van der Waals surface area (Å²) < 4.78 is 0. The second-order valence-corrected chi connectivity index (χ2v) is 4.06. The fourth-order valence-corrected chi connectivity index (χ4v) is 1.81. The Morgan fingerprint density at radius 2 is 2.11 bits per heavy atom. The van der Waals surface area contributed by atoms with Crippen LogP contribution in [0.3, 0.4) is 0 Å². The van der Waals surface area contributed by atoms with Crippen molar-refractivity contribution >= 4 is 11.6 Å². The Balaban J connectivity index is 2.22. The van der Waals surface area contributed by atoms with E-state index in [1.54, 1.807) is 6.20 Å². The first-order valence-corrected chi connectivity index (χ1v) is 5.99. The first-order valence-electron chi connectivity index (χ1n) is 5.99. The van der Waals surface area contributed by atoms with Gasteiger partial charge in [0.15, 0.2) is 0 Å². The molecule has 0 aliphatic carbocycles. The van der Waals surface area contributed by atoms with E-state index in [1.165, 1.54) is 6.33 Å². The van der Waals surface area contributed by atoms with Crippen LogP contribution in [0, 0.1) is 0 Å². The van der Waals surface area contributed by atoms with Crippen molar-refractivity contribution < 1.29 is 0 Å². The number of rotatable bonds is 4. The molecule has 2 aromatic heterocycles. The van der Waals surface area contributed by atoms with Gasteiger partial charge in [0.25, 0.3) is 0 Å². The third-order valence-corrected chi connectivity index (χ3v) is 2.82. The number of hydrogen-bond acceptors (Lipinski definition) is 5. The van der Waals surface area contributed by atoms with Crippen molar-refractivity contribution in [1.82, 2.24) is 15.0 Å². The summed E-state index contributed by atoms with van der Waals surface area (Å²) in [4.78, 5) is 12.6. The van der Waals surface area contributed by atoms with E-state index in [1.807, 2.05) is 32.0 Å². The van der Waals surface area contributed by atoms with Crippen molar-refractivity contribution in [3.8, 4) is 0 Å². The van der Waals surface area contributed by atoms with Gasteiger partial charge in [-0.1, -0.05) is 13.0 Å². The number of anilines is 2. The van der Waals surface area contributed by atoms with E-state index in [0.717, 1.165) is 23.5 Å². The number of nitrogen functional groups attached to an aromatic ring is 1. The van der Waals surface area contributed by atoms with E-state index in [-0.39, 0.29) is 6.04 Å². The molecule has 3 N–H and O–H groups in total. The van der Waals surface area contributed by atoms with Gasteiger partial charge in [0.05, 0.1) is 11.7 Å². The lowest BCUT2D eigenvalue weighted by Crippen LogP contribution is -2.12. The van der Waals surface area contributed by atoms with Crippen LogP contribution in [-0.4, -0.2) is 15.0 Å². The summed E-state index contributed by atoms with van der Waals surface area (Å²) in [6, 6.07) is 5.92. The van der Waals surface area contributed by atoms with Gasteiger partial charge in [-0.15, -0.1) is 0 Å². The highest BCUT2D eigenvalue weighted by atomic mass is 15.1. The first-order chi connectivity index (χ1) is 8.72. The molecule has 0 fully saturated rings. The Kier molecular flexibility index (Phi) is 3.72. The number of nitrogens with zero attached hydrogens (tertiary/aromatic N) is 3. The molecule has 0 spiro atoms. The van der Waals surface area contributed by atoms with Crippen molar-refractivity contribution in [3.63, 3.8) is 0 Å². The minimum absolute atomic E-state index is 0.0748. The van der Waals surface area contributed by atoms with E-state index < -0.39 is 0 Å². The van der Waals surface area contributed by atoms with E-state index in [0.29, 0.717) is 5.82 Å². The largest absolute Gasteiger partial charge is 0.383 e. The summed E-state index contributed by atoms with van der Waals surface area (Å²) in [5.41, 5.74) is 7.75. The number of hydrogen-bond donors (Lipinski definition) is 2. The van der Waals surface area contributed by atoms with Gasteiger partial charge < -0.3 is 11.1 Å². The Hall–Kier alpha value is -2.17. The zero-order valence-electron chi connectivity index (χ0n) is 10.6. The average molecular weight is 243 g/mol. The van der Waals surface area contributed by atoms with Crippen LogP contribution in [0.1, 0.15) is 31.1 Å². The first kappa shape index (κ1) is 12.3. The molecule has 0 saturated heterocycles. The van der Waals surface area contributed by atoms with Gasteiger partial charge in [0.2, 0.25) is 0 Å². The second-order valence-electron chi connectivity index (χ2n) is 4.06. The Morgan fingerprint density at radius 1 is 1.28 bits per heavy atom. The van der Waals surface area contributed by atoms with E-state index in [9.17, 15) is 0 Å². The third kappa shape index (κ3) is 2.56. The zero-order chi connectivity index (χ0) is 13.0. The highest BCUT2D eigenvalue weighted by molar-refractivity contribution is 5.55. The molecule has 0 radical (unpaired) electrons. The van der Waals surface area contributed by atoms with Gasteiger partial charge in [-0.2, -0.15) is 0 Å². The maximum Gasteiger partial charge on any atom is 0.135 e. The van der Waals surface area contributed by atoms with Gasteiger partial charge in [0.1, 0.15) is 18.0 Å². The summed E-state index contributed by atoms with van der Waals surface area (Å²) in [5, 5.41) is 3.32. The molecule has 1 unspecified atom stereocenters. The van der Waals surface area contributed by atoms with Gasteiger partial charge in [-0.25, -0.2) is 9.97 Å². The van der Waals surface area contributed by atoms with Crippen LogP contribution >= 0.6 is 0 Å². The third-order valence-electron chi connectivity index (χ3n) is 2.82. The summed E-state index contributed by atoms with van der Waals surface area (Å²) in [6.45, 7) is 4.08. The minimum Gasteiger partial charge on any atom is -0.383 e. The molecule has 0 saturated carbocycles. The number of nitrogens with one attached hydrogen (secondary N) is 1. The molecule has 18 heavy (non-hydrogen) atoms. The normalized spacial score (nSPS) is 12.1. The van der Waals surface area contributed by atoms with Crippen molar-refractivity contribution in [2.45, 2.75) is 26.3 Å². The highest BCUT2D eigenvalue weighted by Crippen LogP contribution is 2.22. The highest BCUT2D eigenvalue weighted by Gasteiger charge is 2.11. The van der Waals surface area contributed by atoms with Crippen LogP contribution in [0.2, 0.25) is 0 Å². The van der Waals surface area contributed by atoms with Crippen molar-refractivity contribution in [2.75, 3.05) is 11.1 Å². The van der Waals surface area contributed by atoms with Crippen LogP contribution in [0.25, 0.3) is 0 Å². The van der Waals surface area contributed by atoms with E-state index in [4.69, 9.17) is 5.73 Å². The summed E-state index contributed by atoms with van der Waals surface area (Å²) in [7, 11) is 0. The molecule has 0 bridgehead atoms. The lowest BCUT2D eigenvalue weighted by atomic mass is 10.1. The standard InChI is InChI=1S/C13H17N5/c1-3-10-12(14)16-8-17-13(10)18-9(2)11-6-4-5-7-15-11/h4-9H,3H2,1-2H3,(H3,14,16,17,18). The molecule has 0 aliphatic heterocycles. The Labute approximate surface area is 106 Å². The van der Waals surface area contributed by atoms with Crippen LogP contribution in [-0.2, 0) is 6.42 Å². The quantitative estimate of drug-likeness (QED) is 0.860. The molecular weight excluding hydrogens is 226 g/mol. The number of aromatic nitrogens is 3. The van der Waals surface area contributed by atoms with Crippen LogP contribution in [0.5, 0.6) is 0 Å². The second kappa shape index (κ2) is 5.44. The van der Waals surface area contributed by atoms with Crippen LogP contribution in [0.4, 0.5) is 11.6 Å². The maximum absolute atomic E-state index is 5.84. The molecule has 1 atom stereocenters. The fourth-order valence-electron chi connectivity index (χ4n) is 1.81. The van der Waals surface area contributed by atoms with Crippen LogP contribution < -0.4 is 11.1 Å². The monoisotopic (exact) mass is 243 g/mol. The van der Waals surface area contributed by atoms with Crippen molar-refractivity contribution in [3.05, 3.63) is 42.0 Å². The minimum atomic E-state index is 0.0748. The Bertz CT molecular complexity index is 512. The van der Waals surface area contributed by atoms with E-state index >= 15 is 0 Å². The topological polar surface area (TPSA) is 76.7 Å². The summed E-state index contributed by atoms with van der Waals surface area (Å²) in [5.74, 6) is 1.31. The van der Waals surface area contributed by atoms with Gasteiger partial charge >= 0.3 is 0 Å². The van der Waals surface area contributed by atoms with Crippen molar-refractivity contribution in [2.24, 2.45) is 0 Å². The molecule has 0 aliphatic rings. The fraction of sp³-hybridized carbons (Fsp3) is 0.308. The molecular formula is C13H17N5. The molecule has 0 aromatic carbocycles. The van der Waals surface area contributed by atoms with Crippen LogP contribution in [0.15, 0.2) is 30.7 Å². The lowest BCUT2D eigenvalue weighted by Gasteiger charge is -2.16. The number of nitrogens with two attached hydrogens (primary N) is 1. The van der Waals surface area contributed by atoms with Gasteiger partial charge in [0, 0.05) is 11.8 Å². The van der Waals surface area contributed by atoms with Crippen molar-refractivity contribution in [1.29, 1.82) is 0 Å². The average Bonchev–Trinajstić information content (AvgIpc) is 2.40. The maximum atomic E-state index is 5.84. The smallest absolute Gasteiger partial charge is 0.135 e. The lowest BCUT2D eigenvalue weighted by molar-refractivity contribution is 0.825. The Morgan fingerprint density at radius 3 is 2.78 bits per heavy atom. The molecule has 0 amide bonds. The predicted molar refractivity (Wildman–Crippen MR) is 72.1 cm³/mol. The zero-order valence-corrected chi connectivity index (χ0v) is 10.6. The summed E-state index contributed by atoms with van der Waals surface area (Å²) >= 11 is 0. The molecule has 2 heterocycles. The molecule has 94 valence electrons. The SMILES string of the molecule is CCc1c(N)ncnc1NC(C)c1ccccn1.